The van der Waals surface area contributed by atoms with E-state index < -0.39 is 14.4 Å². The second kappa shape index (κ2) is 6.50. The minimum absolute atomic E-state index is 0.455. The van der Waals surface area contributed by atoms with Crippen LogP contribution in [0.15, 0.2) is 18.2 Å². The topological polar surface area (TPSA) is 44.8 Å². The van der Waals surface area contributed by atoms with Crippen LogP contribution in [0.4, 0.5) is 0 Å². The van der Waals surface area contributed by atoms with Crippen LogP contribution in [0, 0.1) is 0 Å². The van der Waals surface area contributed by atoms with Crippen molar-refractivity contribution in [3.05, 3.63) is 33.8 Å². The number of hydrogen-bond donors (Lipinski definition) is 0. The number of hydrogen-bond acceptors (Lipinski definition) is 4. The summed E-state index contributed by atoms with van der Waals surface area (Å²) in [5.74, 6) is 0. The lowest BCUT2D eigenvalue weighted by Gasteiger charge is -2.09. The van der Waals surface area contributed by atoms with Crippen molar-refractivity contribution >= 4 is 31.5 Å². The molecular weight excluding hydrogens is 274 g/mol. The first kappa shape index (κ1) is 13.8. The molecule has 0 aliphatic rings. The van der Waals surface area contributed by atoms with Gasteiger partial charge in [-0.3, -0.25) is 0 Å². The minimum Gasteiger partial charge on any atom is -0.179 e. The molecule has 0 aromatic heterocycles. The molecule has 0 amide bonds. The number of benzene rings is 1. The summed E-state index contributed by atoms with van der Waals surface area (Å²) in [4.78, 5) is 4.87. The Balaban J connectivity index is 2.65. The molecule has 0 fully saturated rings. The molecule has 1 rings (SSSR count). The quantitative estimate of drug-likeness (QED) is 0.459. The third kappa shape index (κ3) is 3.98. The molecule has 0 saturated heterocycles. The minimum atomic E-state index is -2.26. The highest BCUT2D eigenvalue weighted by Crippen LogP contribution is 2.31. The van der Waals surface area contributed by atoms with Crippen molar-refractivity contribution in [2.75, 3.05) is 7.11 Å². The van der Waals surface area contributed by atoms with E-state index in [2.05, 4.69) is 9.20 Å². The van der Waals surface area contributed by atoms with E-state index in [9.17, 15) is 4.57 Å². The van der Waals surface area contributed by atoms with Crippen molar-refractivity contribution in [3.63, 3.8) is 0 Å². The average molecular weight is 284 g/mol. The highest BCUT2D eigenvalue weighted by molar-refractivity contribution is 7.33. The first-order valence-electron chi connectivity index (χ1n) is 4.34. The molecule has 0 aliphatic carbocycles. The molecule has 7 heteroatoms. The van der Waals surface area contributed by atoms with Crippen LogP contribution in [0.25, 0.3) is 0 Å². The Morgan fingerprint density at radius 3 is 2.62 bits per heavy atom. The molecule has 0 saturated carbocycles. The van der Waals surface area contributed by atoms with Gasteiger partial charge in [0.05, 0.1) is 11.8 Å². The lowest BCUT2D eigenvalue weighted by molar-refractivity contribution is -0.244. The van der Waals surface area contributed by atoms with Gasteiger partial charge in [0.15, 0.2) is 0 Å². The fourth-order valence-corrected chi connectivity index (χ4v) is 1.84. The lowest BCUT2D eigenvalue weighted by atomic mass is 10.1. The molecule has 0 aliphatic heterocycles. The van der Waals surface area contributed by atoms with Crippen LogP contribution in [0.1, 0.15) is 18.6 Å². The van der Waals surface area contributed by atoms with Crippen LogP contribution in [0.2, 0.25) is 10.0 Å². The summed E-state index contributed by atoms with van der Waals surface area (Å²) in [6.07, 6.45) is -0.473. The molecule has 2 atom stereocenters. The lowest BCUT2D eigenvalue weighted by Crippen LogP contribution is -1.99. The summed E-state index contributed by atoms with van der Waals surface area (Å²) in [7, 11) is -1.01. The van der Waals surface area contributed by atoms with E-state index in [-0.39, 0.29) is 0 Å². The summed E-state index contributed by atoms with van der Waals surface area (Å²) in [6.45, 7) is 1.70. The molecule has 88 valence electrons. The standard InChI is InChI=1S/C9H10Cl2O4P/c1-6(14-15-16(12)13-2)8-4-3-7(10)5-9(8)11/h3-6H,1-2H3/q+1. The zero-order valence-corrected chi connectivity index (χ0v) is 11.1. The SMILES string of the molecule is CO[P+](=O)OOC(C)c1ccc(Cl)cc1Cl. The van der Waals surface area contributed by atoms with Gasteiger partial charge in [-0.1, -0.05) is 29.3 Å². The predicted molar refractivity (Wildman–Crippen MR) is 61.7 cm³/mol. The Labute approximate surface area is 104 Å². The van der Waals surface area contributed by atoms with Crippen LogP contribution < -0.4 is 0 Å². The van der Waals surface area contributed by atoms with Crippen LogP contribution >= 0.6 is 31.5 Å². The van der Waals surface area contributed by atoms with Crippen molar-refractivity contribution in [2.24, 2.45) is 0 Å². The van der Waals surface area contributed by atoms with Crippen LogP contribution in [-0.2, 0) is 18.7 Å². The fourth-order valence-electron chi connectivity index (χ4n) is 1.01. The van der Waals surface area contributed by atoms with Crippen LogP contribution in [0.3, 0.4) is 0 Å². The normalized spacial score (nSPS) is 13.6. The Morgan fingerprint density at radius 1 is 1.38 bits per heavy atom. The Kier molecular flexibility index (Phi) is 5.62. The molecule has 0 bridgehead atoms. The van der Waals surface area contributed by atoms with E-state index in [1.165, 1.54) is 7.11 Å². The van der Waals surface area contributed by atoms with Gasteiger partial charge in [0.25, 0.3) is 0 Å². The van der Waals surface area contributed by atoms with Crippen LogP contribution in [0.5, 0.6) is 0 Å². The van der Waals surface area contributed by atoms with Gasteiger partial charge in [-0.25, -0.2) is 0 Å². The average Bonchev–Trinajstić information content (AvgIpc) is 2.25. The first-order chi connectivity index (χ1) is 7.54. The Bertz CT molecular complexity index is 386. The summed E-state index contributed by atoms with van der Waals surface area (Å²) in [5.41, 5.74) is 0.686. The zero-order valence-electron chi connectivity index (χ0n) is 8.65. The van der Waals surface area contributed by atoms with E-state index in [0.717, 1.165) is 0 Å². The summed E-state index contributed by atoms with van der Waals surface area (Å²) < 4.78 is 19.7. The van der Waals surface area contributed by atoms with Gasteiger partial charge in [-0.15, -0.1) is 4.52 Å². The van der Waals surface area contributed by atoms with Gasteiger partial charge in [0, 0.05) is 20.2 Å². The number of rotatable bonds is 5. The van der Waals surface area contributed by atoms with Crippen molar-refractivity contribution < 1.29 is 18.7 Å². The molecule has 0 N–H and O–H groups in total. The van der Waals surface area contributed by atoms with Gasteiger partial charge in [0.2, 0.25) is 0 Å². The van der Waals surface area contributed by atoms with Crippen molar-refractivity contribution in [1.82, 2.24) is 0 Å². The van der Waals surface area contributed by atoms with E-state index in [4.69, 9.17) is 28.1 Å². The monoisotopic (exact) mass is 283 g/mol. The van der Waals surface area contributed by atoms with E-state index >= 15 is 0 Å². The summed E-state index contributed by atoms with van der Waals surface area (Å²) in [5, 5.41) is 0.987. The van der Waals surface area contributed by atoms with E-state index in [0.29, 0.717) is 15.6 Å². The molecule has 0 spiro atoms. The Morgan fingerprint density at radius 2 is 2.06 bits per heavy atom. The molecule has 16 heavy (non-hydrogen) atoms. The van der Waals surface area contributed by atoms with Crippen LogP contribution in [-0.4, -0.2) is 7.11 Å². The van der Waals surface area contributed by atoms with Gasteiger partial charge in [-0.05, 0) is 19.1 Å². The molecule has 1 aromatic carbocycles. The first-order valence-corrected chi connectivity index (χ1v) is 6.19. The third-order valence-electron chi connectivity index (χ3n) is 1.80. The molecule has 1 aromatic rings. The zero-order chi connectivity index (χ0) is 12.1. The third-order valence-corrected chi connectivity index (χ3v) is 2.87. The maximum Gasteiger partial charge on any atom is 0.728 e. The predicted octanol–water partition coefficient (Wildman–Crippen LogP) is 4.31. The maximum atomic E-state index is 10.8. The summed E-state index contributed by atoms with van der Waals surface area (Å²) >= 11 is 11.7. The van der Waals surface area contributed by atoms with Gasteiger partial charge in [0.1, 0.15) is 6.10 Å². The molecule has 4 nitrogen and oxygen atoms in total. The van der Waals surface area contributed by atoms with Crippen molar-refractivity contribution in [2.45, 2.75) is 13.0 Å². The maximum absolute atomic E-state index is 10.8. The second-order valence-electron chi connectivity index (χ2n) is 2.89. The van der Waals surface area contributed by atoms with Crippen molar-refractivity contribution in [1.29, 1.82) is 0 Å². The second-order valence-corrected chi connectivity index (χ2v) is 4.69. The van der Waals surface area contributed by atoms with Gasteiger partial charge < -0.3 is 0 Å². The van der Waals surface area contributed by atoms with Crippen molar-refractivity contribution in [3.8, 4) is 0 Å². The molecule has 2 unspecified atom stereocenters. The highest BCUT2D eigenvalue weighted by Gasteiger charge is 2.22. The molecular formula is C9H10Cl2O4P+. The van der Waals surface area contributed by atoms with E-state index in [1.54, 1.807) is 25.1 Å². The highest BCUT2D eigenvalue weighted by atomic mass is 35.5. The molecule has 0 radical (unpaired) electrons. The smallest absolute Gasteiger partial charge is 0.179 e. The van der Waals surface area contributed by atoms with Gasteiger partial charge >= 0.3 is 8.25 Å². The number of halogens is 2. The fraction of sp³-hybridized carbons (Fsp3) is 0.333. The largest absolute Gasteiger partial charge is 0.728 e. The summed E-state index contributed by atoms with van der Waals surface area (Å²) in [6, 6.07) is 4.98. The van der Waals surface area contributed by atoms with E-state index in [1.807, 2.05) is 0 Å². The molecule has 0 heterocycles. The Hall–Kier alpha value is -0.220. The van der Waals surface area contributed by atoms with Gasteiger partial charge in [-0.2, -0.15) is 4.89 Å².